The van der Waals surface area contributed by atoms with E-state index in [0.29, 0.717) is 17.4 Å². The number of carbonyl (C=O) groups excluding carboxylic acids is 2. The Morgan fingerprint density at radius 3 is 2.45 bits per heavy atom. The molecule has 0 spiro atoms. The summed E-state index contributed by atoms with van der Waals surface area (Å²) in [4.78, 5) is 44.5. The van der Waals surface area contributed by atoms with Crippen LogP contribution in [-0.2, 0) is 27.4 Å². The van der Waals surface area contributed by atoms with Gasteiger partial charge in [0, 0.05) is 39.9 Å². The highest BCUT2D eigenvalue weighted by atomic mass is 16.5. The van der Waals surface area contributed by atoms with E-state index in [0.717, 1.165) is 11.3 Å². The maximum Gasteiger partial charge on any atom is 0.308 e. The molecule has 0 aliphatic carbocycles. The molecule has 3 aromatic rings. The summed E-state index contributed by atoms with van der Waals surface area (Å²) in [5.74, 6) is -0.841. The van der Waals surface area contributed by atoms with Crippen LogP contribution in [0.5, 0.6) is 0 Å². The predicted molar refractivity (Wildman–Crippen MR) is 119 cm³/mol. The molecule has 0 aliphatic rings. The number of esters is 1. The van der Waals surface area contributed by atoms with Crippen molar-refractivity contribution in [2.75, 3.05) is 32.6 Å². The molecule has 2 aromatic carbocycles. The first-order chi connectivity index (χ1) is 14.8. The molecule has 31 heavy (non-hydrogen) atoms. The lowest BCUT2D eigenvalue weighted by molar-refractivity contribution is -0.151. The van der Waals surface area contributed by atoms with E-state index in [1.165, 1.54) is 15.8 Å². The summed E-state index contributed by atoms with van der Waals surface area (Å²) in [6.45, 7) is 0.218. The average molecular weight is 422 g/mol. The highest BCUT2D eigenvalue weighted by molar-refractivity contribution is 5.80. The number of carbonyl (C=O) groups is 2. The monoisotopic (exact) mass is 422 g/mol. The molecular weight excluding hydrogens is 396 g/mol. The minimum Gasteiger partial charge on any atom is -0.456 e. The van der Waals surface area contributed by atoms with Crippen molar-refractivity contribution in [2.45, 2.75) is 19.5 Å². The van der Waals surface area contributed by atoms with Crippen LogP contribution in [-0.4, -0.2) is 54.1 Å². The Labute approximate surface area is 180 Å². The third-order valence-corrected chi connectivity index (χ3v) is 4.94. The van der Waals surface area contributed by atoms with Crippen molar-refractivity contribution in [3.63, 3.8) is 0 Å². The summed E-state index contributed by atoms with van der Waals surface area (Å²) in [6.07, 6.45) is 1.39. The van der Waals surface area contributed by atoms with Gasteiger partial charge in [-0.1, -0.05) is 24.3 Å². The van der Waals surface area contributed by atoms with Crippen LogP contribution in [0, 0.1) is 0 Å². The Balaban J connectivity index is 1.47. The number of nitrogens with zero attached hydrogens (tertiary/aromatic N) is 4. The highest BCUT2D eigenvalue weighted by Crippen LogP contribution is 2.13. The number of ether oxygens (including phenoxy) is 1. The summed E-state index contributed by atoms with van der Waals surface area (Å²) >= 11 is 0. The summed E-state index contributed by atoms with van der Waals surface area (Å²) in [7, 11) is 5.59. The number of aromatic nitrogens is 2. The number of rotatable bonds is 8. The zero-order valence-corrected chi connectivity index (χ0v) is 17.9. The van der Waals surface area contributed by atoms with Crippen LogP contribution in [0.15, 0.2) is 59.7 Å². The number of amides is 1. The lowest BCUT2D eigenvalue weighted by Crippen LogP contribution is -2.31. The summed E-state index contributed by atoms with van der Waals surface area (Å²) in [5.41, 5.74) is 2.45. The fraction of sp³-hybridized carbons (Fsp3) is 0.304. The molecule has 1 aromatic heterocycles. The number of benzene rings is 2. The number of para-hydroxylation sites is 1. The van der Waals surface area contributed by atoms with E-state index in [1.807, 2.05) is 49.3 Å². The van der Waals surface area contributed by atoms with Gasteiger partial charge in [-0.2, -0.15) is 0 Å². The van der Waals surface area contributed by atoms with Gasteiger partial charge >= 0.3 is 5.97 Å². The molecule has 1 heterocycles. The van der Waals surface area contributed by atoms with E-state index in [4.69, 9.17) is 4.74 Å². The van der Waals surface area contributed by atoms with Gasteiger partial charge in [-0.15, -0.1) is 0 Å². The zero-order valence-electron chi connectivity index (χ0n) is 17.9. The predicted octanol–water partition coefficient (Wildman–Crippen LogP) is 2.05. The van der Waals surface area contributed by atoms with Gasteiger partial charge in [-0.25, -0.2) is 4.98 Å². The molecule has 0 saturated heterocycles. The van der Waals surface area contributed by atoms with Crippen molar-refractivity contribution in [1.82, 2.24) is 14.5 Å². The molecular formula is C23H26N4O4. The van der Waals surface area contributed by atoms with Crippen LogP contribution in [0.25, 0.3) is 10.9 Å². The van der Waals surface area contributed by atoms with E-state index < -0.39 is 5.97 Å². The fourth-order valence-electron chi connectivity index (χ4n) is 3.06. The Morgan fingerprint density at radius 1 is 1.03 bits per heavy atom. The van der Waals surface area contributed by atoms with Crippen LogP contribution < -0.4 is 10.5 Å². The van der Waals surface area contributed by atoms with E-state index in [-0.39, 0.29) is 31.0 Å². The fourth-order valence-corrected chi connectivity index (χ4v) is 3.06. The average Bonchev–Trinajstić information content (AvgIpc) is 2.77. The number of hydrogen-bond donors (Lipinski definition) is 0. The molecule has 0 aliphatic heterocycles. The van der Waals surface area contributed by atoms with Crippen molar-refractivity contribution in [3.05, 3.63) is 70.8 Å². The second-order valence-corrected chi connectivity index (χ2v) is 7.48. The zero-order chi connectivity index (χ0) is 22.4. The standard InChI is InChI=1S/C23H26N4O4/c1-25(2)18-10-8-17(9-11-18)14-26(3)21(28)15-31-22(29)12-13-27-16-24-20-7-5-4-6-19(20)23(27)30/h4-11,16H,12-15H2,1-3H3. The lowest BCUT2D eigenvalue weighted by atomic mass is 10.2. The molecule has 162 valence electrons. The number of anilines is 1. The van der Waals surface area contributed by atoms with Crippen LogP contribution in [0.4, 0.5) is 5.69 Å². The van der Waals surface area contributed by atoms with Crippen molar-refractivity contribution in [3.8, 4) is 0 Å². The van der Waals surface area contributed by atoms with Gasteiger partial charge in [0.25, 0.3) is 11.5 Å². The summed E-state index contributed by atoms with van der Waals surface area (Å²) in [5, 5.41) is 0.494. The van der Waals surface area contributed by atoms with Gasteiger partial charge in [0.2, 0.25) is 0 Å². The van der Waals surface area contributed by atoms with E-state index >= 15 is 0 Å². The Kier molecular flexibility index (Phi) is 7.02. The van der Waals surface area contributed by atoms with Gasteiger partial charge < -0.3 is 14.5 Å². The van der Waals surface area contributed by atoms with Gasteiger partial charge in [0.1, 0.15) is 0 Å². The van der Waals surface area contributed by atoms with Crippen LogP contribution in [0.3, 0.4) is 0 Å². The summed E-state index contributed by atoms with van der Waals surface area (Å²) < 4.78 is 6.46. The second kappa shape index (κ2) is 9.88. The smallest absolute Gasteiger partial charge is 0.308 e. The third kappa shape index (κ3) is 5.69. The number of hydrogen-bond acceptors (Lipinski definition) is 6. The van der Waals surface area contributed by atoms with Crippen LogP contribution >= 0.6 is 0 Å². The number of likely N-dealkylation sites (N-methyl/N-ethyl adjacent to an activating group) is 1. The SMILES string of the molecule is CN(Cc1ccc(N(C)C)cc1)C(=O)COC(=O)CCn1cnc2ccccc2c1=O. The van der Waals surface area contributed by atoms with Gasteiger partial charge in [-0.05, 0) is 29.8 Å². The highest BCUT2D eigenvalue weighted by Gasteiger charge is 2.13. The quantitative estimate of drug-likeness (QED) is 0.517. The molecule has 0 saturated carbocycles. The van der Waals surface area contributed by atoms with Gasteiger partial charge in [0.15, 0.2) is 6.61 Å². The van der Waals surface area contributed by atoms with E-state index in [1.54, 1.807) is 25.2 Å². The Bertz CT molecular complexity index is 1120. The largest absolute Gasteiger partial charge is 0.456 e. The molecule has 0 unspecified atom stereocenters. The van der Waals surface area contributed by atoms with Crippen molar-refractivity contribution in [2.24, 2.45) is 0 Å². The molecule has 0 N–H and O–H groups in total. The van der Waals surface area contributed by atoms with Crippen molar-refractivity contribution >= 4 is 28.5 Å². The molecule has 0 fully saturated rings. The Morgan fingerprint density at radius 2 is 1.74 bits per heavy atom. The van der Waals surface area contributed by atoms with Crippen molar-refractivity contribution in [1.29, 1.82) is 0 Å². The van der Waals surface area contributed by atoms with Crippen molar-refractivity contribution < 1.29 is 14.3 Å². The molecule has 0 radical (unpaired) electrons. The normalized spacial score (nSPS) is 10.7. The molecule has 8 nitrogen and oxygen atoms in total. The maximum absolute atomic E-state index is 12.4. The minimum atomic E-state index is -0.544. The van der Waals surface area contributed by atoms with Gasteiger partial charge in [-0.3, -0.25) is 19.0 Å². The Hall–Kier alpha value is -3.68. The molecule has 0 atom stereocenters. The summed E-state index contributed by atoms with van der Waals surface area (Å²) in [6, 6.07) is 14.9. The topological polar surface area (TPSA) is 84.7 Å². The second-order valence-electron chi connectivity index (χ2n) is 7.48. The molecule has 3 rings (SSSR count). The number of fused-ring (bicyclic) bond motifs is 1. The first-order valence-electron chi connectivity index (χ1n) is 9.95. The minimum absolute atomic E-state index is 0.0249. The first kappa shape index (κ1) is 22.0. The third-order valence-electron chi connectivity index (χ3n) is 4.94. The first-order valence-corrected chi connectivity index (χ1v) is 9.95. The van der Waals surface area contributed by atoms with Gasteiger partial charge in [0.05, 0.1) is 23.7 Å². The maximum atomic E-state index is 12.4. The number of aryl methyl sites for hydroxylation is 1. The molecule has 1 amide bonds. The lowest BCUT2D eigenvalue weighted by Gasteiger charge is -2.18. The van der Waals surface area contributed by atoms with Crippen LogP contribution in [0.2, 0.25) is 0 Å². The molecule has 0 bridgehead atoms. The van der Waals surface area contributed by atoms with Crippen LogP contribution in [0.1, 0.15) is 12.0 Å². The van der Waals surface area contributed by atoms with E-state index in [9.17, 15) is 14.4 Å². The molecule has 8 heteroatoms. The van der Waals surface area contributed by atoms with E-state index in [2.05, 4.69) is 4.98 Å².